The predicted octanol–water partition coefficient (Wildman–Crippen LogP) is 2.15. The van der Waals surface area contributed by atoms with Crippen molar-refractivity contribution >= 4 is 10.0 Å². The number of benzene rings is 1. The normalized spacial score (nSPS) is 14.7. The molecule has 1 aliphatic rings. The maximum absolute atomic E-state index is 12.5. The van der Waals surface area contributed by atoms with Gasteiger partial charge in [0, 0.05) is 11.6 Å². The Morgan fingerprint density at radius 2 is 2.04 bits per heavy atom. The van der Waals surface area contributed by atoms with Crippen LogP contribution in [0, 0.1) is 6.92 Å². The number of methoxy groups -OCH3 is 1. The standard InChI is InChI=1S/C16H19N3O3S/c1-11-3-6-16(15(7-11)22-2)23(20,21)19-9-13-8-14(12-4-5-12)18-10-17-13/h3,6-8,10,12,19H,4-5,9H2,1-2H3. The van der Waals surface area contributed by atoms with Gasteiger partial charge in [0.1, 0.15) is 17.0 Å². The molecule has 0 unspecified atom stereocenters. The molecule has 0 aliphatic heterocycles. The van der Waals surface area contributed by atoms with E-state index in [0.29, 0.717) is 17.4 Å². The molecule has 3 rings (SSSR count). The second kappa shape index (κ2) is 6.25. The molecular formula is C16H19N3O3S. The van der Waals surface area contributed by atoms with E-state index in [9.17, 15) is 8.42 Å². The van der Waals surface area contributed by atoms with Gasteiger partial charge in [0.15, 0.2) is 0 Å². The van der Waals surface area contributed by atoms with Crippen LogP contribution in [0.1, 0.15) is 35.7 Å². The summed E-state index contributed by atoms with van der Waals surface area (Å²) in [6.07, 6.45) is 3.77. The van der Waals surface area contributed by atoms with Crippen LogP contribution < -0.4 is 9.46 Å². The average molecular weight is 333 g/mol. The van der Waals surface area contributed by atoms with E-state index in [-0.39, 0.29) is 11.4 Å². The summed E-state index contributed by atoms with van der Waals surface area (Å²) in [6.45, 7) is 2.01. The smallest absolute Gasteiger partial charge is 0.244 e. The summed E-state index contributed by atoms with van der Waals surface area (Å²) >= 11 is 0. The van der Waals surface area contributed by atoms with E-state index in [2.05, 4.69) is 14.7 Å². The van der Waals surface area contributed by atoms with Gasteiger partial charge in [0.25, 0.3) is 0 Å². The first-order valence-corrected chi connectivity index (χ1v) is 8.93. The fourth-order valence-corrected chi connectivity index (χ4v) is 3.51. The van der Waals surface area contributed by atoms with Gasteiger partial charge < -0.3 is 4.74 Å². The summed E-state index contributed by atoms with van der Waals surface area (Å²) in [5.74, 6) is 0.837. The zero-order valence-electron chi connectivity index (χ0n) is 13.1. The van der Waals surface area contributed by atoms with Crippen LogP contribution in [-0.4, -0.2) is 25.5 Å². The van der Waals surface area contributed by atoms with Gasteiger partial charge in [-0.15, -0.1) is 0 Å². The maximum atomic E-state index is 12.5. The molecule has 0 saturated heterocycles. The van der Waals surface area contributed by atoms with Crippen LogP contribution in [0.25, 0.3) is 0 Å². The Bertz CT molecular complexity index is 817. The molecule has 1 aliphatic carbocycles. The first-order chi connectivity index (χ1) is 11.0. The highest BCUT2D eigenvalue weighted by Gasteiger charge is 2.25. The number of hydrogen-bond donors (Lipinski definition) is 1. The molecule has 1 aromatic carbocycles. The van der Waals surface area contributed by atoms with Gasteiger partial charge in [0.2, 0.25) is 10.0 Å². The van der Waals surface area contributed by atoms with E-state index in [4.69, 9.17) is 4.74 Å². The molecule has 1 fully saturated rings. The van der Waals surface area contributed by atoms with Gasteiger partial charge in [-0.2, -0.15) is 0 Å². The first kappa shape index (κ1) is 15.9. The van der Waals surface area contributed by atoms with Crippen molar-refractivity contribution in [2.45, 2.75) is 37.1 Å². The van der Waals surface area contributed by atoms with E-state index >= 15 is 0 Å². The first-order valence-electron chi connectivity index (χ1n) is 7.45. The molecule has 23 heavy (non-hydrogen) atoms. The molecule has 122 valence electrons. The Hall–Kier alpha value is -1.99. The molecule has 0 radical (unpaired) electrons. The third-order valence-electron chi connectivity index (χ3n) is 3.79. The number of ether oxygens (including phenoxy) is 1. The molecule has 1 N–H and O–H groups in total. The van der Waals surface area contributed by atoms with E-state index in [0.717, 1.165) is 24.1 Å². The van der Waals surface area contributed by atoms with Gasteiger partial charge >= 0.3 is 0 Å². The highest BCUT2D eigenvalue weighted by molar-refractivity contribution is 7.89. The largest absolute Gasteiger partial charge is 0.495 e. The van der Waals surface area contributed by atoms with Crippen LogP contribution in [0.4, 0.5) is 0 Å². The molecule has 2 aromatic rings. The molecule has 0 spiro atoms. The summed E-state index contributed by atoms with van der Waals surface area (Å²) in [7, 11) is -2.21. The van der Waals surface area contributed by atoms with Gasteiger partial charge in [0.05, 0.1) is 19.3 Å². The number of aryl methyl sites for hydroxylation is 1. The minimum absolute atomic E-state index is 0.127. The van der Waals surface area contributed by atoms with Crippen molar-refractivity contribution in [2.24, 2.45) is 0 Å². The Morgan fingerprint density at radius 3 is 2.74 bits per heavy atom. The predicted molar refractivity (Wildman–Crippen MR) is 85.8 cm³/mol. The van der Waals surface area contributed by atoms with Crippen molar-refractivity contribution in [1.29, 1.82) is 0 Å². The molecule has 0 atom stereocenters. The molecule has 1 heterocycles. The van der Waals surface area contributed by atoms with E-state index in [1.807, 2.05) is 13.0 Å². The lowest BCUT2D eigenvalue weighted by Crippen LogP contribution is -2.24. The van der Waals surface area contributed by atoms with Crippen molar-refractivity contribution in [3.05, 3.63) is 47.5 Å². The van der Waals surface area contributed by atoms with Crippen molar-refractivity contribution in [2.75, 3.05) is 7.11 Å². The molecule has 1 saturated carbocycles. The van der Waals surface area contributed by atoms with Gasteiger partial charge in [-0.1, -0.05) is 6.07 Å². The SMILES string of the molecule is COc1cc(C)ccc1S(=O)(=O)NCc1cc(C2CC2)ncn1. The zero-order valence-corrected chi connectivity index (χ0v) is 13.9. The lowest BCUT2D eigenvalue weighted by atomic mass is 10.2. The van der Waals surface area contributed by atoms with E-state index in [1.165, 1.54) is 13.4 Å². The Kier molecular flexibility index (Phi) is 4.32. The van der Waals surface area contributed by atoms with Gasteiger partial charge in [-0.25, -0.2) is 23.1 Å². The summed E-state index contributed by atoms with van der Waals surface area (Å²) < 4.78 is 32.7. The molecule has 0 bridgehead atoms. The van der Waals surface area contributed by atoms with Crippen molar-refractivity contribution in [3.8, 4) is 5.75 Å². The highest BCUT2D eigenvalue weighted by atomic mass is 32.2. The molecule has 7 heteroatoms. The third kappa shape index (κ3) is 3.68. The van der Waals surface area contributed by atoms with Crippen LogP contribution in [-0.2, 0) is 16.6 Å². The lowest BCUT2D eigenvalue weighted by molar-refractivity contribution is 0.402. The van der Waals surface area contributed by atoms with Crippen molar-refractivity contribution in [3.63, 3.8) is 0 Å². The lowest BCUT2D eigenvalue weighted by Gasteiger charge is -2.11. The van der Waals surface area contributed by atoms with Crippen LogP contribution in [0.5, 0.6) is 5.75 Å². The highest BCUT2D eigenvalue weighted by Crippen LogP contribution is 2.38. The van der Waals surface area contributed by atoms with Crippen LogP contribution in [0.15, 0.2) is 35.5 Å². The number of hydrogen-bond acceptors (Lipinski definition) is 5. The minimum Gasteiger partial charge on any atom is -0.495 e. The van der Waals surface area contributed by atoms with Crippen molar-refractivity contribution in [1.82, 2.24) is 14.7 Å². The summed E-state index contributed by atoms with van der Waals surface area (Å²) in [6, 6.07) is 6.86. The summed E-state index contributed by atoms with van der Waals surface area (Å²) in [5, 5.41) is 0. The number of aromatic nitrogens is 2. The molecule has 0 amide bonds. The monoisotopic (exact) mass is 333 g/mol. The Balaban J connectivity index is 1.77. The van der Waals surface area contributed by atoms with Crippen LogP contribution >= 0.6 is 0 Å². The quantitative estimate of drug-likeness (QED) is 0.876. The number of nitrogens with zero attached hydrogens (tertiary/aromatic N) is 2. The number of rotatable bonds is 6. The van der Waals surface area contributed by atoms with Crippen LogP contribution in [0.3, 0.4) is 0 Å². The number of sulfonamides is 1. The Labute approximate surface area is 136 Å². The molecule has 1 aromatic heterocycles. The Morgan fingerprint density at radius 1 is 1.26 bits per heavy atom. The van der Waals surface area contributed by atoms with E-state index in [1.54, 1.807) is 18.2 Å². The van der Waals surface area contributed by atoms with Crippen molar-refractivity contribution < 1.29 is 13.2 Å². The summed E-state index contributed by atoms with van der Waals surface area (Å²) in [4.78, 5) is 8.49. The third-order valence-corrected chi connectivity index (χ3v) is 5.23. The molecule has 6 nitrogen and oxygen atoms in total. The van der Waals surface area contributed by atoms with E-state index < -0.39 is 10.0 Å². The summed E-state index contributed by atoms with van der Waals surface area (Å²) in [5.41, 5.74) is 2.59. The minimum atomic E-state index is -3.67. The van der Waals surface area contributed by atoms with Crippen LogP contribution in [0.2, 0.25) is 0 Å². The fourth-order valence-electron chi connectivity index (χ4n) is 2.36. The zero-order chi connectivity index (χ0) is 16.4. The number of nitrogens with one attached hydrogen (secondary N) is 1. The second-order valence-electron chi connectivity index (χ2n) is 5.69. The average Bonchev–Trinajstić information content (AvgIpc) is 3.38. The maximum Gasteiger partial charge on any atom is 0.244 e. The van der Waals surface area contributed by atoms with Gasteiger partial charge in [-0.3, -0.25) is 0 Å². The topological polar surface area (TPSA) is 81.2 Å². The van der Waals surface area contributed by atoms with Gasteiger partial charge in [-0.05, 0) is 43.5 Å². The fraction of sp³-hybridized carbons (Fsp3) is 0.375. The second-order valence-corrected chi connectivity index (χ2v) is 7.42. The molecular weight excluding hydrogens is 314 g/mol.